The molecule has 0 aromatic carbocycles. The van der Waals surface area contributed by atoms with Gasteiger partial charge in [-0.25, -0.2) is 4.79 Å². The van der Waals surface area contributed by atoms with Gasteiger partial charge in [0, 0.05) is 12.5 Å². The number of carboxylic acid groups (broad SMARTS) is 2. The Morgan fingerprint density at radius 3 is 2.57 bits per heavy atom. The molecule has 0 saturated heterocycles. The second-order valence-corrected chi connectivity index (χ2v) is 4.25. The van der Waals surface area contributed by atoms with Crippen molar-refractivity contribution in [2.75, 3.05) is 12.0 Å². The molecule has 0 unspecified atom stereocenters. The molecule has 11 heteroatoms. The summed E-state index contributed by atoms with van der Waals surface area (Å²) in [6.07, 6.45) is -0.677. The predicted octanol–water partition coefficient (Wildman–Crippen LogP) is 0.279. The monoisotopic (exact) mass is 327 g/mol. The minimum absolute atomic E-state index is 0.161. The maximum Gasteiger partial charge on any atom is 0.331 e. The highest BCUT2D eigenvalue weighted by molar-refractivity contribution is 5.87. The summed E-state index contributed by atoms with van der Waals surface area (Å²) in [5.74, 6) is -3.27. The molecule has 0 fully saturated rings. The number of nitro groups is 1. The van der Waals surface area contributed by atoms with Gasteiger partial charge < -0.3 is 14.9 Å². The first-order valence-corrected chi connectivity index (χ1v) is 6.19. The SMILES string of the molecule is COc1nc(N(C=O)[C@@H](CCC(=O)O)C(=O)O)ccc1[N+](=O)[O-]. The summed E-state index contributed by atoms with van der Waals surface area (Å²) >= 11 is 0. The van der Waals surface area contributed by atoms with Crippen molar-refractivity contribution in [3.8, 4) is 5.88 Å². The number of pyridine rings is 1. The molecule has 1 aromatic rings. The third-order valence-electron chi connectivity index (χ3n) is 2.85. The number of carbonyl (C=O) groups excluding carboxylic acids is 1. The Bertz CT molecular complexity index is 633. The Morgan fingerprint density at radius 2 is 2.13 bits per heavy atom. The number of hydrogen-bond donors (Lipinski definition) is 2. The zero-order chi connectivity index (χ0) is 17.6. The Kier molecular flexibility index (Phi) is 5.95. The molecule has 0 radical (unpaired) electrons. The highest BCUT2D eigenvalue weighted by Crippen LogP contribution is 2.28. The minimum atomic E-state index is -1.48. The number of methoxy groups -OCH3 is 1. The number of carbonyl (C=O) groups is 3. The molecule has 0 spiro atoms. The number of hydrogen-bond acceptors (Lipinski definition) is 7. The largest absolute Gasteiger partial charge is 0.481 e. The Labute approximate surface area is 129 Å². The fourth-order valence-electron chi connectivity index (χ4n) is 1.79. The molecular formula is C12H13N3O8. The smallest absolute Gasteiger partial charge is 0.331 e. The van der Waals surface area contributed by atoms with Gasteiger partial charge in [-0.2, -0.15) is 4.98 Å². The molecule has 2 N–H and O–H groups in total. The first-order chi connectivity index (χ1) is 10.8. The van der Waals surface area contributed by atoms with Crippen LogP contribution in [0, 0.1) is 10.1 Å². The van der Waals surface area contributed by atoms with Crippen molar-refractivity contribution in [2.45, 2.75) is 18.9 Å². The molecule has 0 aliphatic carbocycles. The molecule has 0 bridgehead atoms. The topological polar surface area (TPSA) is 160 Å². The van der Waals surface area contributed by atoms with Crippen LogP contribution in [0.4, 0.5) is 11.5 Å². The van der Waals surface area contributed by atoms with E-state index in [1.165, 1.54) is 0 Å². The predicted molar refractivity (Wildman–Crippen MR) is 74.3 cm³/mol. The van der Waals surface area contributed by atoms with Crippen molar-refractivity contribution in [3.63, 3.8) is 0 Å². The summed E-state index contributed by atoms with van der Waals surface area (Å²) in [5, 5.41) is 28.6. The highest BCUT2D eigenvalue weighted by atomic mass is 16.6. The van der Waals surface area contributed by atoms with Crippen LogP contribution in [0.2, 0.25) is 0 Å². The number of rotatable bonds is 9. The van der Waals surface area contributed by atoms with Crippen LogP contribution in [0.3, 0.4) is 0 Å². The highest BCUT2D eigenvalue weighted by Gasteiger charge is 2.29. The van der Waals surface area contributed by atoms with E-state index in [1.54, 1.807) is 0 Å². The average molecular weight is 327 g/mol. The van der Waals surface area contributed by atoms with E-state index < -0.39 is 40.9 Å². The molecule has 11 nitrogen and oxygen atoms in total. The van der Waals surface area contributed by atoms with Gasteiger partial charge in [0.2, 0.25) is 6.41 Å². The van der Waals surface area contributed by atoms with Crippen LogP contribution in [0.15, 0.2) is 12.1 Å². The van der Waals surface area contributed by atoms with Crippen LogP contribution in [-0.4, -0.2) is 51.6 Å². The summed E-state index contributed by atoms with van der Waals surface area (Å²) in [5.41, 5.74) is -0.459. The normalized spacial score (nSPS) is 11.3. The lowest BCUT2D eigenvalue weighted by Crippen LogP contribution is -2.41. The summed E-state index contributed by atoms with van der Waals surface area (Å²) in [4.78, 5) is 47.5. The van der Waals surface area contributed by atoms with Crippen LogP contribution >= 0.6 is 0 Å². The number of aliphatic carboxylic acids is 2. The first kappa shape index (κ1) is 17.8. The van der Waals surface area contributed by atoms with E-state index in [4.69, 9.17) is 14.9 Å². The maximum absolute atomic E-state index is 11.3. The number of nitrogens with zero attached hydrogens (tertiary/aromatic N) is 3. The lowest BCUT2D eigenvalue weighted by molar-refractivity contribution is -0.386. The summed E-state index contributed by atoms with van der Waals surface area (Å²) in [6.45, 7) is 0. The Balaban J connectivity index is 3.21. The fraction of sp³-hybridized carbons (Fsp3) is 0.333. The second-order valence-electron chi connectivity index (χ2n) is 4.25. The molecular weight excluding hydrogens is 314 g/mol. The molecule has 1 aromatic heterocycles. The van der Waals surface area contributed by atoms with Crippen molar-refractivity contribution in [1.29, 1.82) is 0 Å². The lowest BCUT2D eigenvalue weighted by Gasteiger charge is -2.23. The van der Waals surface area contributed by atoms with Gasteiger partial charge in [0.25, 0.3) is 5.88 Å². The molecule has 1 rings (SSSR count). The van der Waals surface area contributed by atoms with Gasteiger partial charge in [0.05, 0.1) is 12.0 Å². The minimum Gasteiger partial charge on any atom is -0.481 e. The van der Waals surface area contributed by atoms with Crippen LogP contribution in [0.5, 0.6) is 5.88 Å². The molecule has 0 aliphatic rings. The number of amides is 1. The van der Waals surface area contributed by atoms with Crippen LogP contribution in [-0.2, 0) is 14.4 Å². The first-order valence-electron chi connectivity index (χ1n) is 6.19. The number of aromatic nitrogens is 1. The van der Waals surface area contributed by atoms with Gasteiger partial charge in [-0.05, 0) is 12.5 Å². The van der Waals surface area contributed by atoms with Crippen molar-refractivity contribution in [1.82, 2.24) is 4.98 Å². The molecule has 0 aliphatic heterocycles. The Morgan fingerprint density at radius 1 is 1.48 bits per heavy atom. The molecule has 23 heavy (non-hydrogen) atoms. The van der Waals surface area contributed by atoms with Gasteiger partial charge in [0.15, 0.2) is 0 Å². The van der Waals surface area contributed by atoms with Gasteiger partial charge in [-0.15, -0.1) is 0 Å². The quantitative estimate of drug-likeness (QED) is 0.368. The van der Waals surface area contributed by atoms with E-state index in [2.05, 4.69) is 4.98 Å². The van der Waals surface area contributed by atoms with E-state index in [1.807, 2.05) is 0 Å². The van der Waals surface area contributed by atoms with Crippen molar-refractivity contribution in [3.05, 3.63) is 22.2 Å². The summed E-state index contributed by atoms with van der Waals surface area (Å²) in [7, 11) is 1.13. The maximum atomic E-state index is 11.3. The zero-order valence-corrected chi connectivity index (χ0v) is 11.9. The van der Waals surface area contributed by atoms with E-state index in [0.29, 0.717) is 4.90 Å². The van der Waals surface area contributed by atoms with E-state index in [9.17, 15) is 24.5 Å². The van der Waals surface area contributed by atoms with E-state index in [0.717, 1.165) is 19.2 Å². The molecule has 1 atom stereocenters. The van der Waals surface area contributed by atoms with Crippen LogP contribution in [0.25, 0.3) is 0 Å². The molecule has 0 saturated carbocycles. The lowest BCUT2D eigenvalue weighted by atomic mass is 10.1. The molecule has 124 valence electrons. The Hall–Kier alpha value is -3.24. The second kappa shape index (κ2) is 7.68. The van der Waals surface area contributed by atoms with Crippen molar-refractivity contribution < 1.29 is 34.3 Å². The molecule has 1 heterocycles. The van der Waals surface area contributed by atoms with Gasteiger partial charge >= 0.3 is 17.6 Å². The standard InChI is InChI=1S/C12H13N3O8/c1-23-11-7(15(21)22)2-4-9(13-11)14(6-16)8(12(19)20)3-5-10(17)18/h2,4,6,8H,3,5H2,1H3,(H,17,18)(H,19,20)/t8-/m0/s1. The number of carboxylic acids is 2. The van der Waals surface area contributed by atoms with Crippen LogP contribution in [0.1, 0.15) is 12.8 Å². The molecule has 1 amide bonds. The van der Waals surface area contributed by atoms with Gasteiger partial charge in [-0.3, -0.25) is 24.6 Å². The van der Waals surface area contributed by atoms with Crippen LogP contribution < -0.4 is 9.64 Å². The summed E-state index contributed by atoms with van der Waals surface area (Å²) in [6, 6.07) is 0.599. The van der Waals surface area contributed by atoms with Crippen molar-refractivity contribution >= 4 is 29.9 Å². The fourth-order valence-corrected chi connectivity index (χ4v) is 1.79. The third kappa shape index (κ3) is 4.36. The van der Waals surface area contributed by atoms with Gasteiger partial charge in [0.1, 0.15) is 11.9 Å². The third-order valence-corrected chi connectivity index (χ3v) is 2.85. The van der Waals surface area contributed by atoms with Crippen molar-refractivity contribution in [2.24, 2.45) is 0 Å². The number of anilines is 1. The number of ether oxygens (including phenoxy) is 1. The average Bonchev–Trinajstić information content (AvgIpc) is 2.49. The zero-order valence-electron chi connectivity index (χ0n) is 11.9. The van der Waals surface area contributed by atoms with Gasteiger partial charge in [-0.1, -0.05) is 0 Å². The van der Waals surface area contributed by atoms with E-state index in [-0.39, 0.29) is 18.6 Å². The summed E-state index contributed by atoms with van der Waals surface area (Å²) < 4.78 is 4.74. The van der Waals surface area contributed by atoms with E-state index >= 15 is 0 Å².